The summed E-state index contributed by atoms with van der Waals surface area (Å²) in [6, 6.07) is 8.10. The summed E-state index contributed by atoms with van der Waals surface area (Å²) in [5.74, 6) is 1.40. The van der Waals surface area contributed by atoms with Crippen molar-refractivity contribution in [2.45, 2.75) is 38.3 Å². The SMILES string of the molecule is Cc1ccc(/C=C/c2nc(Cn3cnc(S(=O)(=O)N4CCC(C)CC4)c3)no2)cc1. The highest BCUT2D eigenvalue weighted by Crippen LogP contribution is 2.22. The lowest BCUT2D eigenvalue weighted by atomic mass is 10.0. The summed E-state index contributed by atoms with van der Waals surface area (Å²) < 4.78 is 34.0. The van der Waals surface area contributed by atoms with Crippen molar-refractivity contribution in [3.8, 4) is 0 Å². The van der Waals surface area contributed by atoms with Crippen molar-refractivity contribution >= 4 is 22.2 Å². The lowest BCUT2D eigenvalue weighted by Gasteiger charge is -2.28. The van der Waals surface area contributed by atoms with E-state index in [2.05, 4.69) is 22.0 Å². The monoisotopic (exact) mass is 427 g/mol. The predicted octanol–water partition coefficient (Wildman–Crippen LogP) is 3.21. The first-order chi connectivity index (χ1) is 14.4. The number of piperidine rings is 1. The second-order valence-electron chi connectivity index (χ2n) is 7.76. The molecular weight excluding hydrogens is 402 g/mol. The van der Waals surface area contributed by atoms with Crippen molar-refractivity contribution in [1.29, 1.82) is 0 Å². The average Bonchev–Trinajstić information content (AvgIpc) is 3.38. The van der Waals surface area contributed by atoms with Gasteiger partial charge in [-0.25, -0.2) is 13.4 Å². The minimum atomic E-state index is -3.57. The summed E-state index contributed by atoms with van der Waals surface area (Å²) in [6.45, 7) is 5.54. The molecule has 0 aliphatic carbocycles. The van der Waals surface area contributed by atoms with Gasteiger partial charge in [-0.05, 0) is 37.3 Å². The molecule has 0 radical (unpaired) electrons. The third-order valence-electron chi connectivity index (χ3n) is 5.26. The molecule has 0 amide bonds. The van der Waals surface area contributed by atoms with E-state index < -0.39 is 10.0 Å². The molecule has 158 valence electrons. The highest BCUT2D eigenvalue weighted by molar-refractivity contribution is 7.89. The highest BCUT2D eigenvalue weighted by atomic mass is 32.2. The van der Waals surface area contributed by atoms with Gasteiger partial charge in [0.15, 0.2) is 10.9 Å². The van der Waals surface area contributed by atoms with Gasteiger partial charge in [0.2, 0.25) is 0 Å². The molecule has 8 nitrogen and oxygen atoms in total. The first-order valence-electron chi connectivity index (χ1n) is 9.99. The molecule has 0 N–H and O–H groups in total. The molecule has 1 aliphatic heterocycles. The van der Waals surface area contributed by atoms with E-state index in [0.717, 1.165) is 18.4 Å². The number of benzene rings is 1. The van der Waals surface area contributed by atoms with Crippen LogP contribution in [-0.4, -0.2) is 45.5 Å². The van der Waals surface area contributed by atoms with Crippen molar-refractivity contribution < 1.29 is 12.9 Å². The number of rotatable bonds is 6. The Morgan fingerprint density at radius 1 is 1.17 bits per heavy atom. The zero-order valence-electron chi connectivity index (χ0n) is 17.1. The second-order valence-corrected chi connectivity index (χ2v) is 9.65. The minimum absolute atomic E-state index is 0.0556. The van der Waals surface area contributed by atoms with E-state index >= 15 is 0 Å². The molecule has 2 aromatic heterocycles. The largest absolute Gasteiger partial charge is 0.335 e. The topological polar surface area (TPSA) is 94.1 Å². The van der Waals surface area contributed by atoms with Crippen LogP contribution < -0.4 is 0 Å². The zero-order valence-corrected chi connectivity index (χ0v) is 17.9. The Bertz CT molecular complexity index is 1120. The van der Waals surface area contributed by atoms with Gasteiger partial charge in [0.1, 0.15) is 0 Å². The van der Waals surface area contributed by atoms with Crippen LogP contribution in [0.4, 0.5) is 0 Å². The van der Waals surface area contributed by atoms with Gasteiger partial charge in [-0.3, -0.25) is 0 Å². The van der Waals surface area contributed by atoms with E-state index in [4.69, 9.17) is 4.52 Å². The lowest BCUT2D eigenvalue weighted by molar-refractivity contribution is 0.287. The highest BCUT2D eigenvalue weighted by Gasteiger charge is 2.29. The molecule has 1 aliphatic rings. The van der Waals surface area contributed by atoms with Gasteiger partial charge < -0.3 is 9.09 Å². The third-order valence-corrected chi connectivity index (χ3v) is 7.04. The van der Waals surface area contributed by atoms with Crippen molar-refractivity contribution in [2.75, 3.05) is 13.1 Å². The second kappa shape index (κ2) is 8.53. The summed E-state index contributed by atoms with van der Waals surface area (Å²) in [6.07, 6.45) is 8.41. The van der Waals surface area contributed by atoms with Crippen LogP contribution in [0.25, 0.3) is 12.2 Å². The summed E-state index contributed by atoms with van der Waals surface area (Å²) in [7, 11) is -3.57. The van der Waals surface area contributed by atoms with Gasteiger partial charge in [0.05, 0.1) is 12.9 Å². The standard InChI is InChI=1S/C21H25N5O3S/c1-16-3-5-18(6-4-16)7-8-20-23-19(24-29-20)13-25-14-21(22-15-25)30(27,28)26-11-9-17(2)10-12-26/h3-8,14-15,17H,9-13H2,1-2H3/b8-7+. The van der Waals surface area contributed by atoms with E-state index in [0.29, 0.717) is 30.7 Å². The quantitative estimate of drug-likeness (QED) is 0.600. The van der Waals surface area contributed by atoms with Crippen LogP contribution in [0.1, 0.15) is 42.6 Å². The van der Waals surface area contributed by atoms with Gasteiger partial charge in [0.25, 0.3) is 15.9 Å². The van der Waals surface area contributed by atoms with E-state index in [1.165, 1.54) is 22.4 Å². The fraction of sp³-hybridized carbons (Fsp3) is 0.381. The van der Waals surface area contributed by atoms with Crippen molar-refractivity contribution in [3.05, 3.63) is 59.6 Å². The number of nitrogens with zero attached hydrogens (tertiary/aromatic N) is 5. The van der Waals surface area contributed by atoms with Crippen LogP contribution in [0.3, 0.4) is 0 Å². The minimum Gasteiger partial charge on any atom is -0.335 e. The Kier molecular flexibility index (Phi) is 5.83. The summed E-state index contributed by atoms with van der Waals surface area (Å²) in [5.41, 5.74) is 2.24. The summed E-state index contributed by atoms with van der Waals surface area (Å²) >= 11 is 0. The van der Waals surface area contributed by atoms with Crippen LogP contribution in [0, 0.1) is 12.8 Å². The van der Waals surface area contributed by atoms with Crippen molar-refractivity contribution in [2.24, 2.45) is 5.92 Å². The third kappa shape index (κ3) is 4.68. The normalized spacial score (nSPS) is 16.5. The number of aromatic nitrogens is 4. The molecule has 1 fully saturated rings. The molecular formula is C21H25N5O3S. The molecule has 0 spiro atoms. The Morgan fingerprint density at radius 2 is 1.90 bits per heavy atom. The van der Waals surface area contributed by atoms with Crippen LogP contribution >= 0.6 is 0 Å². The molecule has 3 aromatic rings. The molecule has 1 saturated heterocycles. The molecule has 30 heavy (non-hydrogen) atoms. The van der Waals surface area contributed by atoms with Crippen molar-refractivity contribution in [3.63, 3.8) is 0 Å². The fourth-order valence-corrected chi connectivity index (χ4v) is 4.73. The smallest absolute Gasteiger partial charge is 0.262 e. The Balaban J connectivity index is 1.41. The molecule has 9 heteroatoms. The molecule has 0 unspecified atom stereocenters. The molecule has 0 bridgehead atoms. The van der Waals surface area contributed by atoms with Crippen molar-refractivity contribution in [1.82, 2.24) is 24.0 Å². The molecule has 0 atom stereocenters. The van der Waals surface area contributed by atoms with Gasteiger partial charge in [0, 0.05) is 25.4 Å². The van der Waals surface area contributed by atoms with Gasteiger partial charge >= 0.3 is 0 Å². The Labute approximate surface area is 176 Å². The predicted molar refractivity (Wildman–Crippen MR) is 113 cm³/mol. The number of sulfonamides is 1. The molecule has 3 heterocycles. The van der Waals surface area contributed by atoms with Crippen LogP contribution in [0.5, 0.6) is 0 Å². The number of aryl methyl sites for hydroxylation is 1. The average molecular weight is 428 g/mol. The molecule has 1 aromatic carbocycles. The fourth-order valence-electron chi connectivity index (χ4n) is 3.32. The Hall–Kier alpha value is -2.78. The maximum atomic E-state index is 12.8. The first-order valence-corrected chi connectivity index (χ1v) is 11.4. The van der Waals surface area contributed by atoms with E-state index in [9.17, 15) is 8.42 Å². The first kappa shape index (κ1) is 20.5. The van der Waals surface area contributed by atoms with E-state index in [1.54, 1.807) is 10.6 Å². The van der Waals surface area contributed by atoms with E-state index in [-0.39, 0.29) is 11.6 Å². The lowest BCUT2D eigenvalue weighted by Crippen LogP contribution is -2.38. The van der Waals surface area contributed by atoms with Gasteiger partial charge in [-0.15, -0.1) is 0 Å². The summed E-state index contributed by atoms with van der Waals surface area (Å²) in [5, 5.41) is 4.02. The number of imidazole rings is 1. The van der Waals surface area contributed by atoms with Gasteiger partial charge in [-0.2, -0.15) is 9.29 Å². The van der Waals surface area contributed by atoms with Crippen LogP contribution in [-0.2, 0) is 16.6 Å². The maximum absolute atomic E-state index is 12.8. The zero-order chi connectivity index (χ0) is 21.1. The number of hydrogen-bond acceptors (Lipinski definition) is 6. The van der Waals surface area contributed by atoms with E-state index in [1.807, 2.05) is 37.3 Å². The van der Waals surface area contributed by atoms with Gasteiger partial charge in [-0.1, -0.05) is 41.9 Å². The maximum Gasteiger partial charge on any atom is 0.262 e. The van der Waals surface area contributed by atoms with Crippen LogP contribution in [0.15, 0.2) is 46.3 Å². The Morgan fingerprint density at radius 3 is 2.63 bits per heavy atom. The molecule has 0 saturated carbocycles. The number of hydrogen-bond donors (Lipinski definition) is 0. The summed E-state index contributed by atoms with van der Waals surface area (Å²) in [4.78, 5) is 8.44. The van der Waals surface area contributed by atoms with Crippen LogP contribution in [0.2, 0.25) is 0 Å². The molecule has 4 rings (SSSR count).